The summed E-state index contributed by atoms with van der Waals surface area (Å²) in [7, 11) is 0. The molecule has 0 radical (unpaired) electrons. The highest BCUT2D eigenvalue weighted by atomic mass is 14.2. The van der Waals surface area contributed by atoms with Crippen LogP contribution in [0.3, 0.4) is 0 Å². The van der Waals surface area contributed by atoms with Gasteiger partial charge >= 0.3 is 0 Å². The second-order valence-corrected chi connectivity index (χ2v) is 8.54. The van der Waals surface area contributed by atoms with E-state index in [2.05, 4.69) is 91.4 Å². The molecule has 0 heteroatoms. The van der Waals surface area contributed by atoms with E-state index in [1.54, 1.807) is 0 Å². The predicted octanol–water partition coefficient (Wildman–Crippen LogP) is 6.90. The van der Waals surface area contributed by atoms with E-state index in [0.717, 1.165) is 0 Å². The minimum Gasteiger partial charge on any atom is -0.0985 e. The van der Waals surface area contributed by atoms with Crippen molar-refractivity contribution in [1.29, 1.82) is 0 Å². The Morgan fingerprint density at radius 1 is 0.826 bits per heavy atom. The molecule has 2 aromatic carbocycles. The zero-order chi connectivity index (χ0) is 17.4. The quantitative estimate of drug-likeness (QED) is 0.566. The average molecular weight is 306 g/mol. The Balaban J connectivity index is 2.63. The predicted molar refractivity (Wildman–Crippen MR) is 104 cm³/mol. The molecular weight excluding hydrogens is 276 g/mol. The van der Waals surface area contributed by atoms with Crippen LogP contribution in [-0.4, -0.2) is 0 Å². The third-order valence-corrected chi connectivity index (χ3v) is 4.40. The van der Waals surface area contributed by atoms with Gasteiger partial charge in [-0.3, -0.25) is 0 Å². The van der Waals surface area contributed by atoms with Crippen LogP contribution in [0.25, 0.3) is 17.2 Å². The smallest absolute Gasteiger partial charge is 0.0123 e. The number of hydrogen-bond donors (Lipinski definition) is 0. The van der Waals surface area contributed by atoms with Gasteiger partial charge in [0.25, 0.3) is 0 Å². The van der Waals surface area contributed by atoms with Crippen LogP contribution in [0.15, 0.2) is 43.0 Å². The lowest BCUT2D eigenvalue weighted by molar-refractivity contribution is 0.585. The fourth-order valence-electron chi connectivity index (χ4n) is 3.33. The lowest BCUT2D eigenvalue weighted by atomic mass is 9.79. The second-order valence-electron chi connectivity index (χ2n) is 8.54. The molecule has 0 aliphatic rings. The molecule has 0 saturated heterocycles. The molecule has 0 bridgehead atoms. The van der Waals surface area contributed by atoms with Crippen LogP contribution in [0, 0.1) is 6.92 Å². The molecule has 0 atom stereocenters. The molecule has 0 aromatic heterocycles. The summed E-state index contributed by atoms with van der Waals surface area (Å²) >= 11 is 0. The van der Waals surface area contributed by atoms with Gasteiger partial charge in [0.05, 0.1) is 0 Å². The summed E-state index contributed by atoms with van der Waals surface area (Å²) in [5.74, 6) is 0. The van der Waals surface area contributed by atoms with Gasteiger partial charge in [-0.2, -0.15) is 0 Å². The van der Waals surface area contributed by atoms with Crippen LogP contribution >= 0.6 is 0 Å². The topological polar surface area (TPSA) is 0 Å². The standard InChI is InChI=1S/C23H30/c1-9-17-14-19(13-16(2)21(17)23(6,7)8)18-11-10-12-20(15-18)22(3,4)5/h9-15H,1H2,2-8H3. The number of aryl methyl sites for hydroxylation is 1. The zero-order valence-corrected chi connectivity index (χ0v) is 15.7. The highest BCUT2D eigenvalue weighted by Crippen LogP contribution is 2.35. The molecule has 0 aliphatic carbocycles. The Kier molecular flexibility index (Phi) is 4.57. The summed E-state index contributed by atoms with van der Waals surface area (Å²) in [6, 6.07) is 13.5. The van der Waals surface area contributed by atoms with Gasteiger partial charge in [-0.25, -0.2) is 0 Å². The van der Waals surface area contributed by atoms with Crippen LogP contribution in [0.4, 0.5) is 0 Å². The minimum atomic E-state index is 0.124. The first-order valence-electron chi connectivity index (χ1n) is 8.42. The second kappa shape index (κ2) is 6.00. The van der Waals surface area contributed by atoms with Crippen molar-refractivity contribution in [3.63, 3.8) is 0 Å². The molecule has 0 spiro atoms. The van der Waals surface area contributed by atoms with Crippen molar-refractivity contribution < 1.29 is 0 Å². The fourth-order valence-corrected chi connectivity index (χ4v) is 3.33. The van der Waals surface area contributed by atoms with Gasteiger partial charge in [0.1, 0.15) is 0 Å². The van der Waals surface area contributed by atoms with Crippen molar-refractivity contribution in [3.8, 4) is 11.1 Å². The molecule has 0 fully saturated rings. The van der Waals surface area contributed by atoms with Crippen LogP contribution in [-0.2, 0) is 10.8 Å². The SMILES string of the molecule is C=Cc1cc(-c2cccc(C(C)(C)C)c2)cc(C)c1C(C)(C)C. The summed E-state index contributed by atoms with van der Waals surface area (Å²) in [5, 5.41) is 0. The number of hydrogen-bond acceptors (Lipinski definition) is 0. The highest BCUT2D eigenvalue weighted by molar-refractivity contribution is 5.71. The Morgan fingerprint density at radius 2 is 1.48 bits per heavy atom. The van der Waals surface area contributed by atoms with Gasteiger partial charge < -0.3 is 0 Å². The molecule has 0 heterocycles. The molecule has 0 unspecified atom stereocenters. The summed E-state index contributed by atoms with van der Waals surface area (Å²) in [4.78, 5) is 0. The lowest BCUT2D eigenvalue weighted by Gasteiger charge is -2.25. The monoisotopic (exact) mass is 306 g/mol. The van der Waals surface area contributed by atoms with Crippen LogP contribution < -0.4 is 0 Å². The number of rotatable bonds is 2. The van der Waals surface area contributed by atoms with Crippen LogP contribution in [0.5, 0.6) is 0 Å². The van der Waals surface area contributed by atoms with Gasteiger partial charge in [0.15, 0.2) is 0 Å². The van der Waals surface area contributed by atoms with E-state index in [9.17, 15) is 0 Å². The maximum atomic E-state index is 4.04. The van der Waals surface area contributed by atoms with E-state index >= 15 is 0 Å². The number of benzene rings is 2. The van der Waals surface area contributed by atoms with Crippen molar-refractivity contribution in [2.24, 2.45) is 0 Å². The lowest BCUT2D eigenvalue weighted by Crippen LogP contribution is -2.15. The molecule has 0 amide bonds. The van der Waals surface area contributed by atoms with Crippen molar-refractivity contribution in [2.45, 2.75) is 59.3 Å². The van der Waals surface area contributed by atoms with Gasteiger partial charge in [-0.1, -0.05) is 84.5 Å². The molecule has 122 valence electrons. The molecule has 0 aliphatic heterocycles. The first-order valence-corrected chi connectivity index (χ1v) is 8.42. The van der Waals surface area contributed by atoms with Gasteiger partial charge in [-0.15, -0.1) is 0 Å². The normalized spacial score (nSPS) is 12.3. The first-order chi connectivity index (χ1) is 10.5. The van der Waals surface area contributed by atoms with Crippen molar-refractivity contribution in [2.75, 3.05) is 0 Å². The highest BCUT2D eigenvalue weighted by Gasteiger charge is 2.20. The van der Waals surface area contributed by atoms with Crippen molar-refractivity contribution >= 4 is 6.08 Å². The molecule has 2 rings (SSSR count). The summed E-state index contributed by atoms with van der Waals surface area (Å²) < 4.78 is 0. The van der Waals surface area contributed by atoms with E-state index in [-0.39, 0.29) is 10.8 Å². The Labute approximate surface area is 142 Å². The van der Waals surface area contributed by atoms with Gasteiger partial charge in [-0.05, 0) is 57.2 Å². The van der Waals surface area contributed by atoms with Crippen molar-refractivity contribution in [1.82, 2.24) is 0 Å². The largest absolute Gasteiger partial charge is 0.0985 e. The minimum absolute atomic E-state index is 0.124. The van der Waals surface area contributed by atoms with E-state index in [4.69, 9.17) is 0 Å². The fraction of sp³-hybridized carbons (Fsp3) is 0.391. The third kappa shape index (κ3) is 3.75. The zero-order valence-electron chi connectivity index (χ0n) is 15.7. The maximum absolute atomic E-state index is 4.04. The Morgan fingerprint density at radius 3 is 2.00 bits per heavy atom. The third-order valence-electron chi connectivity index (χ3n) is 4.40. The molecule has 2 aromatic rings. The van der Waals surface area contributed by atoms with Crippen molar-refractivity contribution in [3.05, 3.63) is 65.2 Å². The summed E-state index contributed by atoms with van der Waals surface area (Å²) in [6.45, 7) is 19.8. The Hall–Kier alpha value is -1.82. The Bertz CT molecular complexity index is 719. The molecular formula is C23H30. The van der Waals surface area contributed by atoms with E-state index in [1.807, 2.05) is 6.08 Å². The molecule has 23 heavy (non-hydrogen) atoms. The van der Waals surface area contributed by atoms with E-state index in [0.29, 0.717) is 0 Å². The molecule has 0 nitrogen and oxygen atoms in total. The van der Waals surface area contributed by atoms with Crippen LogP contribution in [0.2, 0.25) is 0 Å². The van der Waals surface area contributed by atoms with Gasteiger partial charge in [0, 0.05) is 0 Å². The summed E-state index contributed by atoms with van der Waals surface area (Å²) in [5.41, 5.74) is 8.19. The summed E-state index contributed by atoms with van der Waals surface area (Å²) in [6.07, 6.45) is 1.99. The van der Waals surface area contributed by atoms with E-state index in [1.165, 1.54) is 33.4 Å². The first kappa shape index (κ1) is 17.5. The van der Waals surface area contributed by atoms with Crippen LogP contribution in [0.1, 0.15) is 63.8 Å². The van der Waals surface area contributed by atoms with E-state index < -0.39 is 0 Å². The van der Waals surface area contributed by atoms with Gasteiger partial charge in [0.2, 0.25) is 0 Å². The maximum Gasteiger partial charge on any atom is -0.0123 e. The molecule has 0 saturated carbocycles. The average Bonchev–Trinajstić information content (AvgIpc) is 2.44. The molecule has 0 N–H and O–H groups in total.